The Kier molecular flexibility index (Phi) is 71.8. The molecule has 0 amide bonds. The first-order valence-electron chi connectivity index (χ1n) is 40.1. The highest BCUT2D eigenvalue weighted by molar-refractivity contribution is 7.47. The molecule has 0 bridgehead atoms. The van der Waals surface area contributed by atoms with Crippen LogP contribution in [0.3, 0.4) is 0 Å². The number of rotatable bonds is 75. The monoisotopic (exact) mass is 1470 g/mol. The van der Waals surface area contributed by atoms with Crippen LogP contribution in [0.1, 0.15) is 336 Å². The summed E-state index contributed by atoms with van der Waals surface area (Å²) in [5.74, 6) is -2.25. The van der Waals surface area contributed by atoms with Gasteiger partial charge in [-0.2, -0.15) is 0 Å². The molecule has 102 heavy (non-hydrogen) atoms. The summed E-state index contributed by atoms with van der Waals surface area (Å²) in [6.07, 6.45) is 80.8. The van der Waals surface area contributed by atoms with Gasteiger partial charge in [-0.15, -0.1) is 0 Å². The van der Waals surface area contributed by atoms with Crippen LogP contribution in [0.15, 0.2) is 109 Å². The van der Waals surface area contributed by atoms with Crippen LogP contribution >= 0.6 is 15.6 Å². The fourth-order valence-corrected chi connectivity index (χ4v) is 12.2. The molecule has 0 aliphatic heterocycles. The smallest absolute Gasteiger partial charge is 0.462 e. The number of hydrogen-bond donors (Lipinski definition) is 3. The van der Waals surface area contributed by atoms with E-state index in [1.54, 1.807) is 0 Å². The SMILES string of the molecule is CC/C=C\C/C=C\C/C=C\C/C=C\C/C=C\CCCC(=O)OC(COC(=O)CCCCCCCC/C=C\C/C=C\C/C=C\CCCCC)COP(=O)(O)OCC(O)COP(=O)(O)OCC(COC(=O)CCCCCCCCCCCCCCCCC)OC(=O)CCCCCCC/C=C\CCCC. The van der Waals surface area contributed by atoms with Gasteiger partial charge in [0.2, 0.25) is 0 Å². The summed E-state index contributed by atoms with van der Waals surface area (Å²) < 4.78 is 68.5. The van der Waals surface area contributed by atoms with E-state index in [0.717, 1.165) is 148 Å². The molecule has 0 saturated carbocycles. The van der Waals surface area contributed by atoms with Crippen LogP contribution in [0.4, 0.5) is 0 Å². The van der Waals surface area contributed by atoms with Crippen molar-refractivity contribution in [1.82, 2.24) is 0 Å². The molecule has 0 heterocycles. The minimum absolute atomic E-state index is 0.0125. The second-order valence-corrected chi connectivity index (χ2v) is 29.5. The van der Waals surface area contributed by atoms with Gasteiger partial charge in [-0.25, -0.2) is 9.13 Å². The summed E-state index contributed by atoms with van der Waals surface area (Å²) in [5.41, 5.74) is 0. The van der Waals surface area contributed by atoms with E-state index in [2.05, 4.69) is 125 Å². The van der Waals surface area contributed by atoms with Crippen molar-refractivity contribution in [3.63, 3.8) is 0 Å². The van der Waals surface area contributed by atoms with Gasteiger partial charge in [0, 0.05) is 25.7 Å². The van der Waals surface area contributed by atoms with Gasteiger partial charge in [0.15, 0.2) is 12.2 Å². The third-order valence-corrected chi connectivity index (χ3v) is 18.6. The molecule has 0 aromatic carbocycles. The molecule has 0 fully saturated rings. The van der Waals surface area contributed by atoms with Gasteiger partial charge < -0.3 is 33.8 Å². The average Bonchev–Trinajstić information content (AvgIpc) is 0.927. The Morgan fingerprint density at radius 3 is 0.882 bits per heavy atom. The zero-order chi connectivity index (χ0) is 74.6. The number of phosphoric ester groups is 2. The van der Waals surface area contributed by atoms with Crippen molar-refractivity contribution >= 4 is 39.5 Å². The maximum Gasteiger partial charge on any atom is 0.472 e. The lowest BCUT2D eigenvalue weighted by Crippen LogP contribution is -2.30. The fourth-order valence-electron chi connectivity index (χ4n) is 10.6. The normalized spacial score (nSPS) is 14.5. The van der Waals surface area contributed by atoms with Gasteiger partial charge >= 0.3 is 39.5 Å². The Hall–Kier alpha value is -4.28. The average molecular weight is 1480 g/mol. The number of carbonyl (C=O) groups is 4. The summed E-state index contributed by atoms with van der Waals surface area (Å²) in [5, 5.41) is 10.6. The Morgan fingerprint density at radius 2 is 0.529 bits per heavy atom. The van der Waals surface area contributed by atoms with E-state index in [1.807, 2.05) is 12.2 Å². The molecule has 19 heteroatoms. The van der Waals surface area contributed by atoms with E-state index in [9.17, 15) is 43.2 Å². The molecular weight excluding hydrogens is 1330 g/mol. The number of ether oxygens (including phenoxy) is 4. The Balaban J connectivity index is 5.38. The Morgan fingerprint density at radius 1 is 0.284 bits per heavy atom. The number of hydrogen-bond acceptors (Lipinski definition) is 15. The van der Waals surface area contributed by atoms with Crippen molar-refractivity contribution < 1.29 is 80.2 Å². The summed E-state index contributed by atoms with van der Waals surface area (Å²) in [6, 6.07) is 0. The van der Waals surface area contributed by atoms with E-state index >= 15 is 0 Å². The molecule has 0 radical (unpaired) electrons. The van der Waals surface area contributed by atoms with E-state index in [-0.39, 0.29) is 25.7 Å². The highest BCUT2D eigenvalue weighted by atomic mass is 31.2. The highest BCUT2D eigenvalue weighted by Crippen LogP contribution is 2.45. The Bertz CT molecular complexity index is 2360. The molecular formula is C83H144O17P2. The van der Waals surface area contributed by atoms with Crippen LogP contribution in [0.25, 0.3) is 0 Å². The molecule has 0 aromatic rings. The zero-order valence-corrected chi connectivity index (χ0v) is 66.0. The van der Waals surface area contributed by atoms with Crippen LogP contribution in [0, 0.1) is 0 Å². The van der Waals surface area contributed by atoms with E-state index in [1.165, 1.54) is 103 Å². The molecule has 5 unspecified atom stereocenters. The van der Waals surface area contributed by atoms with Gasteiger partial charge in [-0.3, -0.25) is 37.3 Å². The molecule has 0 aromatic heterocycles. The van der Waals surface area contributed by atoms with E-state index in [4.69, 9.17) is 37.0 Å². The van der Waals surface area contributed by atoms with E-state index < -0.39 is 97.5 Å². The lowest BCUT2D eigenvalue weighted by atomic mass is 10.0. The summed E-state index contributed by atoms with van der Waals surface area (Å²) in [7, 11) is -9.97. The fraction of sp³-hybridized carbons (Fsp3) is 0.735. The van der Waals surface area contributed by atoms with Gasteiger partial charge in [-0.05, 0) is 122 Å². The summed E-state index contributed by atoms with van der Waals surface area (Å²) in [6.45, 7) is 4.64. The first kappa shape index (κ1) is 97.7. The van der Waals surface area contributed by atoms with Gasteiger partial charge in [0.05, 0.1) is 26.4 Å². The van der Waals surface area contributed by atoms with Crippen LogP contribution in [0.2, 0.25) is 0 Å². The lowest BCUT2D eigenvalue weighted by molar-refractivity contribution is -0.161. The molecule has 0 saturated heterocycles. The maximum atomic E-state index is 13.1. The van der Waals surface area contributed by atoms with E-state index in [0.29, 0.717) is 32.1 Å². The van der Waals surface area contributed by atoms with Crippen LogP contribution < -0.4 is 0 Å². The number of unbranched alkanes of at least 4 members (excludes halogenated alkanes) is 31. The number of phosphoric acid groups is 2. The standard InChI is InChI=1S/C83H144O17P2/c1-5-9-13-17-21-25-29-32-35-37-38-40-42-45-49-52-56-60-64-68-81(86)94-74-79(100-83(88)70-66-62-58-54-50-46-43-39-36-33-30-26-22-18-14-10-6-2)76-98-102(91,92)96-72-77(84)71-95-101(89,90)97-75-78(99-82(87)69-65-61-57-53-47-28-24-20-16-12-8-4)73-93-80(85)67-63-59-55-51-48-44-41-34-31-27-23-19-15-11-7-3/h10,14,20-22,24-26,32-33,35-36,38,40,43,46,54,58,77-79,84H,5-9,11-13,15-19,23,27-31,34,37,39,41-42,44-45,47-53,55-57,59-76H2,1-4H3,(H,89,90)(H,91,92)/b14-10-,24-20-,25-21-,26-22-,35-32-,36-33-,40-38-,46-43-,58-54-. The minimum atomic E-state index is -5.00. The lowest BCUT2D eigenvalue weighted by Gasteiger charge is -2.21. The number of aliphatic hydroxyl groups excluding tert-OH is 1. The predicted molar refractivity (Wildman–Crippen MR) is 418 cm³/mol. The summed E-state index contributed by atoms with van der Waals surface area (Å²) in [4.78, 5) is 72.9. The predicted octanol–water partition coefficient (Wildman–Crippen LogP) is 23.3. The van der Waals surface area contributed by atoms with Crippen LogP contribution in [0.5, 0.6) is 0 Å². The van der Waals surface area contributed by atoms with Crippen LogP contribution in [-0.2, 0) is 65.4 Å². The first-order chi connectivity index (χ1) is 49.7. The number of carbonyl (C=O) groups excluding carboxylic acids is 4. The minimum Gasteiger partial charge on any atom is -0.462 e. The molecule has 0 aliphatic rings. The quantitative estimate of drug-likeness (QED) is 0.0169. The molecule has 588 valence electrons. The van der Waals surface area contributed by atoms with Crippen LogP contribution in [-0.4, -0.2) is 96.7 Å². The third-order valence-electron chi connectivity index (χ3n) is 16.7. The molecule has 0 spiro atoms. The molecule has 0 rings (SSSR count). The number of allylic oxidation sites excluding steroid dienone is 18. The Labute approximate surface area is 619 Å². The summed E-state index contributed by atoms with van der Waals surface area (Å²) >= 11 is 0. The van der Waals surface area contributed by atoms with Crippen molar-refractivity contribution in [3.8, 4) is 0 Å². The second kappa shape index (κ2) is 75.0. The van der Waals surface area contributed by atoms with Gasteiger partial charge in [0.25, 0.3) is 0 Å². The molecule has 3 N–H and O–H groups in total. The maximum absolute atomic E-state index is 13.1. The third kappa shape index (κ3) is 74.0. The topological polar surface area (TPSA) is 237 Å². The van der Waals surface area contributed by atoms with Crippen molar-refractivity contribution in [2.24, 2.45) is 0 Å². The van der Waals surface area contributed by atoms with Crippen molar-refractivity contribution in [1.29, 1.82) is 0 Å². The molecule has 17 nitrogen and oxygen atoms in total. The van der Waals surface area contributed by atoms with Crippen molar-refractivity contribution in [3.05, 3.63) is 109 Å². The van der Waals surface area contributed by atoms with Gasteiger partial charge in [0.1, 0.15) is 19.3 Å². The van der Waals surface area contributed by atoms with Crippen molar-refractivity contribution in [2.45, 2.75) is 354 Å². The molecule has 0 aliphatic carbocycles. The number of esters is 4. The second-order valence-electron chi connectivity index (χ2n) is 26.6. The highest BCUT2D eigenvalue weighted by Gasteiger charge is 2.30. The molecule has 5 atom stereocenters. The number of aliphatic hydroxyl groups is 1. The van der Waals surface area contributed by atoms with Gasteiger partial charge in [-0.1, -0.05) is 298 Å². The first-order valence-corrected chi connectivity index (χ1v) is 43.1. The largest absolute Gasteiger partial charge is 0.472 e. The van der Waals surface area contributed by atoms with Crippen molar-refractivity contribution in [2.75, 3.05) is 39.6 Å². The zero-order valence-electron chi connectivity index (χ0n) is 64.3.